The maximum atomic E-state index is 12.2. The number of nitrogens with zero attached hydrogens (tertiary/aromatic N) is 2. The van der Waals surface area contributed by atoms with Gasteiger partial charge in [0.25, 0.3) is 5.91 Å². The van der Waals surface area contributed by atoms with Crippen molar-refractivity contribution in [3.05, 3.63) is 30.1 Å². The molecule has 17 heavy (non-hydrogen) atoms. The van der Waals surface area contributed by atoms with E-state index in [2.05, 4.69) is 4.98 Å². The van der Waals surface area contributed by atoms with Gasteiger partial charge in [-0.3, -0.25) is 14.6 Å². The van der Waals surface area contributed by atoms with E-state index >= 15 is 0 Å². The fourth-order valence-corrected chi connectivity index (χ4v) is 2.36. The molecule has 0 aliphatic carbocycles. The summed E-state index contributed by atoms with van der Waals surface area (Å²) in [5.41, 5.74) is 0.203. The van der Waals surface area contributed by atoms with Gasteiger partial charge in [0.2, 0.25) is 5.91 Å². The van der Waals surface area contributed by atoms with Gasteiger partial charge in [-0.1, -0.05) is 6.92 Å². The number of carbonyl (C=O) groups is 2. The van der Waals surface area contributed by atoms with Gasteiger partial charge < -0.3 is 0 Å². The third kappa shape index (κ3) is 1.72. The Hall–Kier alpha value is -1.75. The zero-order valence-electron chi connectivity index (χ0n) is 9.72. The Bertz CT molecular complexity index is 446. The van der Waals surface area contributed by atoms with Crippen molar-refractivity contribution in [1.82, 2.24) is 9.99 Å². The predicted octanol–water partition coefficient (Wildman–Crippen LogP) is 0.752. The van der Waals surface area contributed by atoms with E-state index in [0.717, 1.165) is 10.6 Å². The summed E-state index contributed by atoms with van der Waals surface area (Å²) in [5.74, 6) is 4.90. The highest BCUT2D eigenvalue weighted by Crippen LogP contribution is 2.37. The molecule has 90 valence electrons. The Labute approximate surface area is 99.6 Å². The lowest BCUT2D eigenvalue weighted by Gasteiger charge is -2.38. The van der Waals surface area contributed by atoms with E-state index in [9.17, 15) is 9.59 Å². The van der Waals surface area contributed by atoms with Crippen LogP contribution in [0.4, 0.5) is 0 Å². The molecule has 1 aliphatic heterocycles. The van der Waals surface area contributed by atoms with Crippen molar-refractivity contribution in [3.63, 3.8) is 0 Å². The predicted molar refractivity (Wildman–Crippen MR) is 61.5 cm³/mol. The van der Waals surface area contributed by atoms with Gasteiger partial charge in [0.1, 0.15) is 0 Å². The van der Waals surface area contributed by atoms with E-state index in [4.69, 9.17) is 5.84 Å². The minimum absolute atomic E-state index is 0.304. The average Bonchev–Trinajstić information content (AvgIpc) is 2.38. The summed E-state index contributed by atoms with van der Waals surface area (Å²) in [7, 11) is 0. The molecule has 1 saturated heterocycles. The van der Waals surface area contributed by atoms with Crippen LogP contribution in [0.3, 0.4) is 0 Å². The Kier molecular flexibility index (Phi) is 2.93. The van der Waals surface area contributed by atoms with Crippen LogP contribution in [0.1, 0.15) is 31.7 Å². The first-order chi connectivity index (χ1) is 8.12. The minimum Gasteiger partial charge on any atom is -0.273 e. The number of hydrogen-bond donors (Lipinski definition) is 1. The largest absolute Gasteiger partial charge is 0.273 e. The van der Waals surface area contributed by atoms with E-state index in [1.807, 2.05) is 19.1 Å². The quantitative estimate of drug-likeness (QED) is 0.464. The van der Waals surface area contributed by atoms with Gasteiger partial charge in [-0.2, -0.15) is 0 Å². The van der Waals surface area contributed by atoms with Crippen LogP contribution in [0.5, 0.6) is 0 Å². The molecule has 1 atom stereocenters. The summed E-state index contributed by atoms with van der Waals surface area (Å²) in [6, 6.07) is 3.62. The molecule has 1 unspecified atom stereocenters. The molecule has 0 aromatic carbocycles. The van der Waals surface area contributed by atoms with Gasteiger partial charge in [-0.25, -0.2) is 10.9 Å². The minimum atomic E-state index is -0.675. The van der Waals surface area contributed by atoms with Gasteiger partial charge in [-0.05, 0) is 30.5 Å². The number of carbonyl (C=O) groups excluding carboxylic acids is 2. The molecule has 0 radical (unpaired) electrons. The molecule has 5 nitrogen and oxygen atoms in total. The number of rotatable bonds is 2. The molecule has 2 heterocycles. The lowest BCUT2D eigenvalue weighted by molar-refractivity contribution is -0.154. The van der Waals surface area contributed by atoms with Crippen molar-refractivity contribution >= 4 is 11.8 Å². The third-order valence-electron chi connectivity index (χ3n) is 3.50. The van der Waals surface area contributed by atoms with E-state index in [1.165, 1.54) is 0 Å². The summed E-state index contributed by atoms with van der Waals surface area (Å²) in [4.78, 5) is 27.6. The average molecular weight is 233 g/mol. The second-order valence-electron chi connectivity index (χ2n) is 4.24. The molecule has 1 fully saturated rings. The van der Waals surface area contributed by atoms with Gasteiger partial charge in [-0.15, -0.1) is 0 Å². The number of imide groups is 1. The summed E-state index contributed by atoms with van der Waals surface area (Å²) in [6.07, 6.45) is 4.74. The molecule has 1 aromatic heterocycles. The zero-order chi connectivity index (χ0) is 12.5. The Balaban J connectivity index is 2.45. The Morgan fingerprint density at radius 3 is 2.65 bits per heavy atom. The van der Waals surface area contributed by atoms with Gasteiger partial charge in [0.15, 0.2) is 0 Å². The molecular formula is C12H15N3O2. The van der Waals surface area contributed by atoms with Crippen LogP contribution in [0.2, 0.25) is 0 Å². The number of pyridine rings is 1. The standard InChI is InChI=1S/C12H15N3O2/c1-2-12(9-4-7-14-8-5-9)6-3-10(16)15(13)11(12)17/h4-5,7-8H,2-3,6,13H2,1H3. The van der Waals surface area contributed by atoms with Crippen LogP contribution in [0.15, 0.2) is 24.5 Å². The third-order valence-corrected chi connectivity index (χ3v) is 3.50. The highest BCUT2D eigenvalue weighted by Gasteiger charge is 2.46. The molecular weight excluding hydrogens is 218 g/mol. The lowest BCUT2D eigenvalue weighted by Crippen LogP contribution is -2.56. The van der Waals surface area contributed by atoms with Crippen molar-refractivity contribution in [2.24, 2.45) is 5.84 Å². The van der Waals surface area contributed by atoms with E-state index in [1.54, 1.807) is 12.4 Å². The second-order valence-corrected chi connectivity index (χ2v) is 4.24. The van der Waals surface area contributed by atoms with Crippen molar-refractivity contribution < 1.29 is 9.59 Å². The van der Waals surface area contributed by atoms with Crippen LogP contribution in [-0.2, 0) is 15.0 Å². The molecule has 1 aliphatic rings. The highest BCUT2D eigenvalue weighted by molar-refractivity contribution is 6.02. The molecule has 0 bridgehead atoms. The first-order valence-electron chi connectivity index (χ1n) is 5.64. The number of nitrogens with two attached hydrogens (primary N) is 1. The van der Waals surface area contributed by atoms with Crippen molar-refractivity contribution in [1.29, 1.82) is 0 Å². The van der Waals surface area contributed by atoms with Crippen LogP contribution in [-0.4, -0.2) is 21.8 Å². The van der Waals surface area contributed by atoms with E-state index in [-0.39, 0.29) is 11.8 Å². The van der Waals surface area contributed by atoms with Crippen LogP contribution >= 0.6 is 0 Å². The molecule has 5 heteroatoms. The van der Waals surface area contributed by atoms with Gasteiger partial charge >= 0.3 is 0 Å². The summed E-state index contributed by atoms with van der Waals surface area (Å²) < 4.78 is 0. The van der Waals surface area contributed by atoms with Gasteiger partial charge in [0, 0.05) is 18.8 Å². The zero-order valence-corrected chi connectivity index (χ0v) is 9.72. The number of amides is 2. The Morgan fingerprint density at radius 2 is 2.06 bits per heavy atom. The molecule has 2 N–H and O–H groups in total. The van der Waals surface area contributed by atoms with Crippen molar-refractivity contribution in [3.8, 4) is 0 Å². The monoisotopic (exact) mass is 233 g/mol. The number of piperidine rings is 1. The second kappa shape index (κ2) is 4.25. The van der Waals surface area contributed by atoms with E-state index in [0.29, 0.717) is 19.3 Å². The topological polar surface area (TPSA) is 76.3 Å². The Morgan fingerprint density at radius 1 is 1.41 bits per heavy atom. The van der Waals surface area contributed by atoms with Crippen molar-refractivity contribution in [2.45, 2.75) is 31.6 Å². The lowest BCUT2D eigenvalue weighted by atomic mass is 9.72. The SMILES string of the molecule is CCC1(c2ccncc2)CCC(=O)N(N)C1=O. The highest BCUT2D eigenvalue weighted by atomic mass is 16.2. The summed E-state index contributed by atoms with van der Waals surface area (Å²) >= 11 is 0. The number of hydrazine groups is 1. The normalized spacial score (nSPS) is 25.2. The van der Waals surface area contributed by atoms with Crippen LogP contribution in [0.25, 0.3) is 0 Å². The first kappa shape index (κ1) is 11.7. The molecule has 2 rings (SSSR count). The molecule has 1 aromatic rings. The summed E-state index contributed by atoms with van der Waals surface area (Å²) in [6.45, 7) is 1.93. The maximum Gasteiger partial charge on any atom is 0.254 e. The van der Waals surface area contributed by atoms with Crippen LogP contribution in [0, 0.1) is 0 Å². The fraction of sp³-hybridized carbons (Fsp3) is 0.417. The fourth-order valence-electron chi connectivity index (χ4n) is 2.36. The summed E-state index contributed by atoms with van der Waals surface area (Å²) in [5, 5.41) is 0.757. The van der Waals surface area contributed by atoms with Crippen molar-refractivity contribution in [2.75, 3.05) is 0 Å². The number of hydrogen-bond acceptors (Lipinski definition) is 4. The van der Waals surface area contributed by atoms with Gasteiger partial charge in [0.05, 0.1) is 5.41 Å². The molecule has 0 spiro atoms. The van der Waals surface area contributed by atoms with Crippen LogP contribution < -0.4 is 5.84 Å². The molecule has 0 saturated carbocycles. The molecule has 2 amide bonds. The number of aromatic nitrogens is 1. The smallest absolute Gasteiger partial charge is 0.254 e. The maximum absolute atomic E-state index is 12.2. The van der Waals surface area contributed by atoms with E-state index < -0.39 is 5.41 Å². The first-order valence-corrected chi connectivity index (χ1v) is 5.64.